The van der Waals surface area contributed by atoms with Gasteiger partial charge in [-0.3, -0.25) is 4.57 Å². The molecule has 1 atom stereocenters. The van der Waals surface area contributed by atoms with E-state index in [1.807, 2.05) is 0 Å². The molecule has 2 aromatic heterocycles. The predicted octanol–water partition coefficient (Wildman–Crippen LogP) is 4.31. The van der Waals surface area contributed by atoms with Crippen molar-refractivity contribution in [2.24, 2.45) is 5.92 Å². The zero-order valence-corrected chi connectivity index (χ0v) is 18.4. The lowest BCUT2D eigenvalue weighted by molar-refractivity contribution is 0.174. The van der Waals surface area contributed by atoms with Gasteiger partial charge in [0.05, 0.1) is 19.9 Å². The highest BCUT2D eigenvalue weighted by molar-refractivity contribution is 5.71. The standard InChI is InChI=1S/C22H37N5O2/c1-4-6-15-29-21-23-16-19-20(25-21)27(22(24-19)28-3)14-9-7-8-11-18-12-10-13-26(5-2)17-18/h16,18H,4-15,17H2,1-3H3. The summed E-state index contributed by atoms with van der Waals surface area (Å²) in [7, 11) is 1.66. The van der Waals surface area contributed by atoms with Crippen LogP contribution in [0.2, 0.25) is 0 Å². The van der Waals surface area contributed by atoms with Crippen molar-refractivity contribution in [2.45, 2.75) is 71.8 Å². The molecule has 1 aliphatic rings. The smallest absolute Gasteiger partial charge is 0.318 e. The maximum absolute atomic E-state index is 5.67. The van der Waals surface area contributed by atoms with Crippen LogP contribution in [0.1, 0.15) is 65.2 Å². The molecule has 162 valence electrons. The Morgan fingerprint density at radius 2 is 2.03 bits per heavy atom. The van der Waals surface area contributed by atoms with Crippen molar-refractivity contribution in [3.05, 3.63) is 6.20 Å². The second-order valence-electron chi connectivity index (χ2n) is 8.06. The van der Waals surface area contributed by atoms with Gasteiger partial charge < -0.3 is 14.4 Å². The Kier molecular flexibility index (Phi) is 8.52. The number of methoxy groups -OCH3 is 1. The molecule has 0 bridgehead atoms. The molecule has 0 aliphatic carbocycles. The maximum Gasteiger partial charge on any atom is 0.318 e. The first-order valence-corrected chi connectivity index (χ1v) is 11.4. The molecule has 0 N–H and O–H groups in total. The zero-order valence-electron chi connectivity index (χ0n) is 18.4. The number of ether oxygens (including phenoxy) is 2. The second-order valence-corrected chi connectivity index (χ2v) is 8.06. The Hall–Kier alpha value is -1.89. The van der Waals surface area contributed by atoms with Gasteiger partial charge in [-0.25, -0.2) is 4.98 Å². The van der Waals surface area contributed by atoms with Gasteiger partial charge in [-0.2, -0.15) is 9.97 Å². The second kappa shape index (κ2) is 11.3. The van der Waals surface area contributed by atoms with Crippen molar-refractivity contribution >= 4 is 11.2 Å². The highest BCUT2D eigenvalue weighted by atomic mass is 16.5. The number of hydrogen-bond acceptors (Lipinski definition) is 6. The van der Waals surface area contributed by atoms with E-state index >= 15 is 0 Å². The molecule has 29 heavy (non-hydrogen) atoms. The SMILES string of the molecule is CCCCOc1ncc2nc(OC)n(CCCCCC3CCCN(CC)C3)c2n1. The monoisotopic (exact) mass is 403 g/mol. The Balaban J connectivity index is 1.52. The Labute approximate surface area is 174 Å². The molecule has 7 heteroatoms. The van der Waals surface area contributed by atoms with E-state index in [4.69, 9.17) is 9.47 Å². The van der Waals surface area contributed by atoms with Gasteiger partial charge in [-0.15, -0.1) is 0 Å². The van der Waals surface area contributed by atoms with Crippen LogP contribution in [0.4, 0.5) is 0 Å². The molecule has 0 aromatic carbocycles. The first-order valence-electron chi connectivity index (χ1n) is 11.4. The summed E-state index contributed by atoms with van der Waals surface area (Å²) >= 11 is 0. The molecule has 3 rings (SSSR count). The number of fused-ring (bicyclic) bond motifs is 1. The summed E-state index contributed by atoms with van der Waals surface area (Å²) < 4.78 is 13.2. The number of hydrogen-bond donors (Lipinski definition) is 0. The van der Waals surface area contributed by atoms with Gasteiger partial charge in [-0.1, -0.05) is 33.1 Å². The van der Waals surface area contributed by atoms with Crippen molar-refractivity contribution in [1.29, 1.82) is 0 Å². The number of imidazole rings is 1. The quantitative estimate of drug-likeness (QED) is 0.492. The topological polar surface area (TPSA) is 65.3 Å². The number of aromatic nitrogens is 4. The third kappa shape index (κ3) is 6.04. The van der Waals surface area contributed by atoms with E-state index in [1.165, 1.54) is 51.7 Å². The molecule has 2 aromatic rings. The number of unbranched alkanes of at least 4 members (excludes halogenated alkanes) is 3. The van der Waals surface area contributed by atoms with Crippen LogP contribution in [0.3, 0.4) is 0 Å². The van der Waals surface area contributed by atoms with Gasteiger partial charge in [0.25, 0.3) is 6.01 Å². The van der Waals surface area contributed by atoms with E-state index in [-0.39, 0.29) is 0 Å². The van der Waals surface area contributed by atoms with E-state index in [0.29, 0.717) is 18.6 Å². The molecule has 1 fully saturated rings. The van der Waals surface area contributed by atoms with Crippen LogP contribution in [-0.2, 0) is 6.54 Å². The number of aryl methyl sites for hydroxylation is 1. The molecule has 1 unspecified atom stereocenters. The molecular weight excluding hydrogens is 366 g/mol. The highest BCUT2D eigenvalue weighted by Gasteiger charge is 2.18. The maximum atomic E-state index is 5.67. The van der Waals surface area contributed by atoms with Crippen LogP contribution in [0.5, 0.6) is 12.0 Å². The Morgan fingerprint density at radius 3 is 2.83 bits per heavy atom. The van der Waals surface area contributed by atoms with Crippen LogP contribution in [0, 0.1) is 5.92 Å². The highest BCUT2D eigenvalue weighted by Crippen LogP contribution is 2.24. The summed E-state index contributed by atoms with van der Waals surface area (Å²) in [5, 5.41) is 0. The normalized spacial score (nSPS) is 17.7. The Bertz CT molecular complexity index is 748. The largest absolute Gasteiger partial charge is 0.468 e. The molecule has 1 saturated heterocycles. The molecule has 0 spiro atoms. The first-order chi connectivity index (χ1) is 14.2. The minimum absolute atomic E-state index is 0.424. The van der Waals surface area contributed by atoms with E-state index in [2.05, 4.69) is 38.3 Å². The van der Waals surface area contributed by atoms with Gasteiger partial charge in [0.2, 0.25) is 0 Å². The lowest BCUT2D eigenvalue weighted by Crippen LogP contribution is -2.35. The van der Waals surface area contributed by atoms with Crippen molar-refractivity contribution in [3.63, 3.8) is 0 Å². The lowest BCUT2D eigenvalue weighted by Gasteiger charge is -2.31. The van der Waals surface area contributed by atoms with Gasteiger partial charge in [-0.05, 0) is 51.1 Å². The van der Waals surface area contributed by atoms with E-state index in [0.717, 1.165) is 42.9 Å². The van der Waals surface area contributed by atoms with E-state index in [9.17, 15) is 0 Å². The number of piperidine rings is 1. The van der Waals surface area contributed by atoms with Crippen LogP contribution in [0.15, 0.2) is 6.20 Å². The molecule has 0 radical (unpaired) electrons. The van der Waals surface area contributed by atoms with Crippen LogP contribution in [-0.4, -0.2) is 57.8 Å². The lowest BCUT2D eigenvalue weighted by atomic mass is 9.92. The number of rotatable bonds is 12. The van der Waals surface area contributed by atoms with Crippen molar-refractivity contribution in [3.8, 4) is 12.0 Å². The van der Waals surface area contributed by atoms with Gasteiger partial charge in [0.15, 0.2) is 5.65 Å². The summed E-state index contributed by atoms with van der Waals surface area (Å²) in [4.78, 5) is 16.0. The fraction of sp³-hybridized carbons (Fsp3) is 0.773. The fourth-order valence-corrected chi connectivity index (χ4v) is 4.17. The fourth-order valence-electron chi connectivity index (χ4n) is 4.17. The average molecular weight is 404 g/mol. The zero-order chi connectivity index (χ0) is 20.5. The minimum Gasteiger partial charge on any atom is -0.468 e. The third-order valence-corrected chi connectivity index (χ3v) is 5.89. The first kappa shape index (κ1) is 21.8. The predicted molar refractivity (Wildman–Crippen MR) is 116 cm³/mol. The summed E-state index contributed by atoms with van der Waals surface area (Å²) in [6.07, 6.45) is 11.5. The van der Waals surface area contributed by atoms with Crippen molar-refractivity contribution < 1.29 is 9.47 Å². The Morgan fingerprint density at radius 1 is 1.14 bits per heavy atom. The summed E-state index contributed by atoms with van der Waals surface area (Å²) in [5.41, 5.74) is 1.56. The number of nitrogens with zero attached hydrogens (tertiary/aromatic N) is 5. The van der Waals surface area contributed by atoms with Crippen LogP contribution >= 0.6 is 0 Å². The van der Waals surface area contributed by atoms with Gasteiger partial charge in [0, 0.05) is 13.1 Å². The minimum atomic E-state index is 0.424. The summed E-state index contributed by atoms with van der Waals surface area (Å²) in [5.74, 6) is 0.878. The van der Waals surface area contributed by atoms with Crippen molar-refractivity contribution in [2.75, 3.05) is 33.4 Å². The van der Waals surface area contributed by atoms with Crippen LogP contribution in [0.25, 0.3) is 11.2 Å². The molecule has 1 aliphatic heterocycles. The molecular formula is C22H37N5O2. The van der Waals surface area contributed by atoms with E-state index < -0.39 is 0 Å². The summed E-state index contributed by atoms with van der Waals surface area (Å²) in [6.45, 7) is 9.67. The van der Waals surface area contributed by atoms with Crippen LogP contribution < -0.4 is 9.47 Å². The molecule has 7 nitrogen and oxygen atoms in total. The van der Waals surface area contributed by atoms with Crippen molar-refractivity contribution in [1.82, 2.24) is 24.4 Å². The molecule has 3 heterocycles. The van der Waals surface area contributed by atoms with Gasteiger partial charge >= 0.3 is 6.01 Å². The molecule has 0 saturated carbocycles. The molecule has 0 amide bonds. The number of likely N-dealkylation sites (tertiary alicyclic amines) is 1. The average Bonchev–Trinajstić information content (AvgIpc) is 3.11. The third-order valence-electron chi connectivity index (χ3n) is 5.89. The van der Waals surface area contributed by atoms with E-state index in [1.54, 1.807) is 13.3 Å². The summed E-state index contributed by atoms with van der Waals surface area (Å²) in [6, 6.07) is 1.03. The van der Waals surface area contributed by atoms with Gasteiger partial charge in [0.1, 0.15) is 5.52 Å².